The molecule has 19 heavy (non-hydrogen) atoms. The van der Waals surface area contributed by atoms with E-state index in [1.165, 1.54) is 11.3 Å². The molecule has 0 spiro atoms. The second-order valence-corrected chi connectivity index (χ2v) is 6.48. The van der Waals surface area contributed by atoms with Crippen molar-refractivity contribution in [2.75, 3.05) is 5.32 Å². The summed E-state index contributed by atoms with van der Waals surface area (Å²) in [6, 6.07) is 0. The molecule has 1 aromatic rings. The van der Waals surface area contributed by atoms with Crippen molar-refractivity contribution in [3.8, 4) is 0 Å². The Hall–Kier alpha value is -1.43. The number of thiazole rings is 1. The number of aryl methyl sites for hydroxylation is 2. The predicted octanol–water partition coefficient (Wildman–Crippen LogP) is 2.45. The first-order valence-electron chi connectivity index (χ1n) is 6.36. The van der Waals surface area contributed by atoms with Crippen molar-refractivity contribution in [1.29, 1.82) is 0 Å². The van der Waals surface area contributed by atoms with E-state index in [2.05, 4.69) is 10.3 Å². The SMILES string of the molecule is Cc1nc(NC(=O)C2CC(C)CC2C(=O)O)sc1C. The number of anilines is 1. The number of aromatic nitrogens is 1. The zero-order valence-corrected chi connectivity index (χ0v) is 12.1. The lowest BCUT2D eigenvalue weighted by molar-refractivity contribution is -0.145. The third kappa shape index (κ3) is 2.94. The molecule has 1 fully saturated rings. The van der Waals surface area contributed by atoms with E-state index < -0.39 is 17.8 Å². The smallest absolute Gasteiger partial charge is 0.307 e. The van der Waals surface area contributed by atoms with E-state index >= 15 is 0 Å². The Labute approximate surface area is 116 Å². The number of carbonyl (C=O) groups is 2. The van der Waals surface area contributed by atoms with E-state index in [1.807, 2.05) is 20.8 Å². The van der Waals surface area contributed by atoms with Crippen LogP contribution < -0.4 is 5.32 Å². The van der Waals surface area contributed by atoms with Gasteiger partial charge in [0.1, 0.15) is 0 Å². The Morgan fingerprint density at radius 3 is 2.47 bits per heavy atom. The molecule has 1 aliphatic rings. The van der Waals surface area contributed by atoms with Crippen LogP contribution in [-0.4, -0.2) is 22.0 Å². The third-order valence-electron chi connectivity index (χ3n) is 3.71. The highest BCUT2D eigenvalue weighted by molar-refractivity contribution is 7.15. The Balaban J connectivity index is 2.08. The highest BCUT2D eigenvalue weighted by atomic mass is 32.1. The van der Waals surface area contributed by atoms with Crippen LogP contribution in [0.15, 0.2) is 0 Å². The van der Waals surface area contributed by atoms with Crippen molar-refractivity contribution in [2.45, 2.75) is 33.6 Å². The lowest BCUT2D eigenvalue weighted by Crippen LogP contribution is -2.29. The van der Waals surface area contributed by atoms with Gasteiger partial charge in [-0.25, -0.2) is 4.98 Å². The van der Waals surface area contributed by atoms with Gasteiger partial charge < -0.3 is 10.4 Å². The molecular formula is C13H18N2O3S. The van der Waals surface area contributed by atoms with Crippen LogP contribution in [0.25, 0.3) is 0 Å². The molecule has 104 valence electrons. The Kier molecular flexibility index (Phi) is 3.89. The molecule has 0 aliphatic heterocycles. The predicted molar refractivity (Wildman–Crippen MR) is 73.2 cm³/mol. The van der Waals surface area contributed by atoms with Crippen molar-refractivity contribution in [3.63, 3.8) is 0 Å². The number of hydrogen-bond acceptors (Lipinski definition) is 4. The standard InChI is InChI=1S/C13H18N2O3S/c1-6-4-9(10(5-6)12(17)18)11(16)15-13-14-7(2)8(3)19-13/h6,9-10H,4-5H2,1-3H3,(H,17,18)(H,14,15,16). The van der Waals surface area contributed by atoms with Gasteiger partial charge in [0.25, 0.3) is 0 Å². The van der Waals surface area contributed by atoms with Gasteiger partial charge in [-0.15, -0.1) is 11.3 Å². The molecule has 3 unspecified atom stereocenters. The lowest BCUT2D eigenvalue weighted by Gasteiger charge is -2.14. The van der Waals surface area contributed by atoms with Gasteiger partial charge in [0.2, 0.25) is 5.91 Å². The molecule has 0 bridgehead atoms. The maximum absolute atomic E-state index is 12.2. The lowest BCUT2D eigenvalue weighted by atomic mass is 9.95. The summed E-state index contributed by atoms with van der Waals surface area (Å²) in [5, 5.41) is 12.5. The van der Waals surface area contributed by atoms with Gasteiger partial charge in [0.05, 0.1) is 17.5 Å². The van der Waals surface area contributed by atoms with Crippen molar-refractivity contribution in [2.24, 2.45) is 17.8 Å². The van der Waals surface area contributed by atoms with Crippen LogP contribution in [-0.2, 0) is 9.59 Å². The minimum atomic E-state index is -0.879. The van der Waals surface area contributed by atoms with Crippen LogP contribution in [0.1, 0.15) is 30.3 Å². The molecule has 1 aromatic heterocycles. The Morgan fingerprint density at radius 1 is 1.32 bits per heavy atom. The van der Waals surface area contributed by atoms with Gasteiger partial charge in [0, 0.05) is 4.88 Å². The molecule has 0 saturated heterocycles. The fraction of sp³-hybridized carbons (Fsp3) is 0.615. The quantitative estimate of drug-likeness (QED) is 0.892. The number of rotatable bonds is 3. The van der Waals surface area contributed by atoms with Crippen LogP contribution in [0.3, 0.4) is 0 Å². The first-order valence-corrected chi connectivity index (χ1v) is 7.17. The van der Waals surface area contributed by atoms with Gasteiger partial charge >= 0.3 is 5.97 Å². The number of aliphatic carboxylic acids is 1. The number of carboxylic acid groups (broad SMARTS) is 1. The largest absolute Gasteiger partial charge is 0.481 e. The molecule has 0 radical (unpaired) electrons. The first-order chi connectivity index (χ1) is 8.88. The molecule has 2 rings (SSSR count). The normalized spacial score (nSPS) is 26.4. The van der Waals surface area contributed by atoms with Crippen LogP contribution in [0, 0.1) is 31.6 Å². The fourth-order valence-corrected chi connectivity index (χ4v) is 3.40. The van der Waals surface area contributed by atoms with Crippen molar-refractivity contribution >= 4 is 28.3 Å². The third-order valence-corrected chi connectivity index (χ3v) is 4.70. The molecule has 1 amide bonds. The summed E-state index contributed by atoms with van der Waals surface area (Å²) in [7, 11) is 0. The van der Waals surface area contributed by atoms with E-state index in [0.29, 0.717) is 18.0 Å². The van der Waals surface area contributed by atoms with Gasteiger partial charge in [-0.2, -0.15) is 0 Å². The highest BCUT2D eigenvalue weighted by Gasteiger charge is 2.41. The Morgan fingerprint density at radius 2 is 1.95 bits per heavy atom. The number of carbonyl (C=O) groups excluding carboxylic acids is 1. The summed E-state index contributed by atoms with van der Waals surface area (Å²) in [6.45, 7) is 5.82. The molecule has 0 aromatic carbocycles. The van der Waals surface area contributed by atoms with Crippen molar-refractivity contribution in [3.05, 3.63) is 10.6 Å². The number of nitrogens with zero attached hydrogens (tertiary/aromatic N) is 1. The summed E-state index contributed by atoms with van der Waals surface area (Å²) >= 11 is 1.42. The number of nitrogens with one attached hydrogen (secondary N) is 1. The van der Waals surface area contributed by atoms with Crippen molar-refractivity contribution in [1.82, 2.24) is 4.98 Å². The average molecular weight is 282 g/mol. The van der Waals surface area contributed by atoms with Gasteiger partial charge in [-0.1, -0.05) is 6.92 Å². The maximum Gasteiger partial charge on any atom is 0.307 e. The summed E-state index contributed by atoms with van der Waals surface area (Å²) in [4.78, 5) is 28.7. The van der Waals surface area contributed by atoms with Crippen LogP contribution >= 0.6 is 11.3 Å². The average Bonchev–Trinajstić information content (AvgIpc) is 2.83. The second kappa shape index (κ2) is 5.28. The monoisotopic (exact) mass is 282 g/mol. The molecular weight excluding hydrogens is 264 g/mol. The summed E-state index contributed by atoms with van der Waals surface area (Å²) in [5.41, 5.74) is 0.898. The molecule has 3 atom stereocenters. The number of carboxylic acids is 1. The summed E-state index contributed by atoms with van der Waals surface area (Å²) in [6.07, 6.45) is 1.20. The number of amides is 1. The molecule has 1 aliphatic carbocycles. The Bertz CT molecular complexity index is 492. The first kappa shape index (κ1) is 14.0. The topological polar surface area (TPSA) is 79.3 Å². The highest BCUT2D eigenvalue weighted by Crippen LogP contribution is 2.37. The van der Waals surface area contributed by atoms with Crippen molar-refractivity contribution < 1.29 is 14.7 Å². The minimum Gasteiger partial charge on any atom is -0.481 e. The van der Waals surface area contributed by atoms with Gasteiger partial charge in [-0.3, -0.25) is 9.59 Å². The fourth-order valence-electron chi connectivity index (χ4n) is 2.58. The molecule has 5 nitrogen and oxygen atoms in total. The van der Waals surface area contributed by atoms with Crippen LogP contribution in [0.2, 0.25) is 0 Å². The molecule has 1 saturated carbocycles. The second-order valence-electron chi connectivity index (χ2n) is 5.28. The number of hydrogen-bond donors (Lipinski definition) is 2. The van der Waals surface area contributed by atoms with Crippen LogP contribution in [0.5, 0.6) is 0 Å². The van der Waals surface area contributed by atoms with Gasteiger partial charge in [0.15, 0.2) is 5.13 Å². The van der Waals surface area contributed by atoms with E-state index in [4.69, 9.17) is 0 Å². The summed E-state index contributed by atoms with van der Waals surface area (Å²) in [5.74, 6) is -1.84. The van der Waals surface area contributed by atoms with E-state index in [1.54, 1.807) is 0 Å². The zero-order valence-electron chi connectivity index (χ0n) is 11.3. The van der Waals surface area contributed by atoms with E-state index in [9.17, 15) is 14.7 Å². The molecule has 1 heterocycles. The minimum absolute atomic E-state index is 0.217. The van der Waals surface area contributed by atoms with E-state index in [-0.39, 0.29) is 11.8 Å². The van der Waals surface area contributed by atoms with Gasteiger partial charge in [-0.05, 0) is 32.6 Å². The van der Waals surface area contributed by atoms with E-state index in [0.717, 1.165) is 10.6 Å². The van der Waals surface area contributed by atoms with Crippen LogP contribution in [0.4, 0.5) is 5.13 Å². The zero-order chi connectivity index (χ0) is 14.2. The molecule has 6 heteroatoms. The summed E-state index contributed by atoms with van der Waals surface area (Å²) < 4.78 is 0. The molecule has 2 N–H and O–H groups in total. The maximum atomic E-state index is 12.2.